The smallest absolute Gasteiger partial charge is 0.191 e. The minimum absolute atomic E-state index is 0.180. The van der Waals surface area contributed by atoms with Gasteiger partial charge < -0.3 is 14.3 Å². The monoisotopic (exact) mass is 218 g/mol. The second kappa shape index (κ2) is 5.05. The molecule has 1 unspecified atom stereocenters. The summed E-state index contributed by atoms with van der Waals surface area (Å²) in [5, 5.41) is 9.20. The van der Waals surface area contributed by atoms with Gasteiger partial charge in [-0.25, -0.2) is 0 Å². The molecule has 84 valence electrons. The Kier molecular flexibility index (Phi) is 4.98. The normalized spacial score (nSPS) is 15.3. The lowest BCUT2D eigenvalue weighted by Gasteiger charge is -2.36. The molecule has 0 saturated heterocycles. The molecule has 0 aliphatic carbocycles. The highest BCUT2D eigenvalue weighted by Gasteiger charge is 2.36. The van der Waals surface area contributed by atoms with E-state index < -0.39 is 14.4 Å². The number of aliphatic hydroxyl groups excluding tert-OH is 1. The average Bonchev–Trinajstić information content (AvgIpc) is 2.01. The van der Waals surface area contributed by atoms with Crippen molar-refractivity contribution in [1.82, 2.24) is 0 Å². The first kappa shape index (κ1) is 13.8. The van der Waals surface area contributed by atoms with E-state index in [4.69, 9.17) is 9.53 Å². The summed E-state index contributed by atoms with van der Waals surface area (Å²) in [4.78, 5) is 10.2. The lowest BCUT2D eigenvalue weighted by atomic mass is 10.2. The first-order valence-corrected chi connectivity index (χ1v) is 7.89. The summed E-state index contributed by atoms with van der Waals surface area (Å²) >= 11 is 0. The standard InChI is InChI=1S/C10H22O3Si/c1-10(2,3)14(4,5)13-7-6-9(12)8-11/h8-9,12H,6-7H2,1-5H3. The molecule has 0 spiro atoms. The summed E-state index contributed by atoms with van der Waals surface area (Å²) < 4.78 is 5.79. The molecule has 0 aliphatic rings. The Morgan fingerprint density at radius 3 is 2.29 bits per heavy atom. The van der Waals surface area contributed by atoms with Crippen LogP contribution in [0.4, 0.5) is 0 Å². The van der Waals surface area contributed by atoms with Gasteiger partial charge in [0.05, 0.1) is 0 Å². The van der Waals surface area contributed by atoms with E-state index in [1.807, 2.05) is 0 Å². The molecule has 0 aromatic heterocycles. The molecule has 0 heterocycles. The number of carbonyl (C=O) groups excluding carboxylic acids is 1. The third kappa shape index (κ3) is 4.35. The summed E-state index contributed by atoms with van der Waals surface area (Å²) in [7, 11) is -1.71. The van der Waals surface area contributed by atoms with E-state index in [2.05, 4.69) is 33.9 Å². The molecular formula is C10H22O3Si. The number of rotatable bonds is 5. The largest absolute Gasteiger partial charge is 0.417 e. The Balaban J connectivity index is 3.95. The van der Waals surface area contributed by atoms with E-state index in [1.54, 1.807) is 0 Å². The second-order valence-corrected chi connectivity index (χ2v) is 9.91. The molecule has 0 aromatic rings. The predicted octanol–water partition coefficient (Wildman–Crippen LogP) is 1.96. The quantitative estimate of drug-likeness (QED) is 0.567. The van der Waals surface area contributed by atoms with Gasteiger partial charge in [0.2, 0.25) is 0 Å². The van der Waals surface area contributed by atoms with Gasteiger partial charge in [0.15, 0.2) is 8.32 Å². The summed E-state index contributed by atoms with van der Waals surface area (Å²) in [5.41, 5.74) is 0. The van der Waals surface area contributed by atoms with Gasteiger partial charge in [-0.1, -0.05) is 20.8 Å². The van der Waals surface area contributed by atoms with Crippen LogP contribution in [-0.4, -0.2) is 32.4 Å². The molecule has 14 heavy (non-hydrogen) atoms. The maximum Gasteiger partial charge on any atom is 0.191 e. The zero-order valence-electron chi connectivity index (χ0n) is 9.83. The maximum atomic E-state index is 10.2. The fraction of sp³-hybridized carbons (Fsp3) is 0.900. The van der Waals surface area contributed by atoms with Gasteiger partial charge in [-0.05, 0) is 18.1 Å². The zero-order chi connectivity index (χ0) is 11.4. The van der Waals surface area contributed by atoms with E-state index >= 15 is 0 Å². The van der Waals surface area contributed by atoms with Crippen molar-refractivity contribution >= 4 is 14.6 Å². The van der Waals surface area contributed by atoms with Gasteiger partial charge in [-0.3, -0.25) is 0 Å². The molecule has 0 fully saturated rings. The molecule has 0 saturated carbocycles. The van der Waals surface area contributed by atoms with Crippen LogP contribution in [0.1, 0.15) is 27.2 Å². The average molecular weight is 218 g/mol. The molecule has 0 aliphatic heterocycles. The van der Waals surface area contributed by atoms with E-state index in [0.29, 0.717) is 19.3 Å². The molecule has 3 nitrogen and oxygen atoms in total. The molecule has 0 radical (unpaired) electrons. The fourth-order valence-corrected chi connectivity index (χ4v) is 1.78. The molecule has 1 atom stereocenters. The molecule has 0 aromatic carbocycles. The molecule has 0 rings (SSSR count). The van der Waals surface area contributed by atoms with Gasteiger partial charge in [-0.2, -0.15) is 0 Å². The summed E-state index contributed by atoms with van der Waals surface area (Å²) in [5.74, 6) is 0. The van der Waals surface area contributed by atoms with Crippen LogP contribution in [0.25, 0.3) is 0 Å². The van der Waals surface area contributed by atoms with Crippen LogP contribution >= 0.6 is 0 Å². The van der Waals surface area contributed by atoms with Crippen molar-refractivity contribution < 1.29 is 14.3 Å². The van der Waals surface area contributed by atoms with Crippen molar-refractivity contribution in [1.29, 1.82) is 0 Å². The summed E-state index contributed by atoms with van der Waals surface area (Å²) in [6.45, 7) is 11.3. The van der Waals surface area contributed by atoms with Gasteiger partial charge in [0.25, 0.3) is 0 Å². The first-order valence-electron chi connectivity index (χ1n) is 4.98. The summed E-state index contributed by atoms with van der Waals surface area (Å²) in [6, 6.07) is 0. The number of hydrogen-bond acceptors (Lipinski definition) is 3. The Hall–Kier alpha value is -0.193. The number of aliphatic hydroxyl groups is 1. The maximum absolute atomic E-state index is 10.2. The molecule has 1 N–H and O–H groups in total. The van der Waals surface area contributed by atoms with Crippen LogP contribution in [0.3, 0.4) is 0 Å². The Bertz CT molecular complexity index is 184. The lowest BCUT2D eigenvalue weighted by Crippen LogP contribution is -2.41. The predicted molar refractivity (Wildman–Crippen MR) is 59.8 cm³/mol. The highest BCUT2D eigenvalue weighted by molar-refractivity contribution is 6.74. The van der Waals surface area contributed by atoms with Crippen molar-refractivity contribution in [2.75, 3.05) is 6.61 Å². The van der Waals surface area contributed by atoms with Crippen molar-refractivity contribution in [2.24, 2.45) is 0 Å². The van der Waals surface area contributed by atoms with E-state index in [-0.39, 0.29) is 5.04 Å². The van der Waals surface area contributed by atoms with Crippen molar-refractivity contribution in [2.45, 2.75) is 51.4 Å². The van der Waals surface area contributed by atoms with Gasteiger partial charge in [-0.15, -0.1) is 0 Å². The molecule has 4 heteroatoms. The summed E-state index contributed by atoms with van der Waals surface area (Å²) in [6.07, 6.45) is 0.0742. The van der Waals surface area contributed by atoms with Crippen molar-refractivity contribution in [3.63, 3.8) is 0 Å². The topological polar surface area (TPSA) is 46.5 Å². The second-order valence-electron chi connectivity index (χ2n) is 5.10. The lowest BCUT2D eigenvalue weighted by molar-refractivity contribution is -0.115. The Morgan fingerprint density at radius 1 is 1.43 bits per heavy atom. The number of aldehydes is 1. The van der Waals surface area contributed by atoms with Gasteiger partial charge >= 0.3 is 0 Å². The Labute approximate surface area is 87.6 Å². The van der Waals surface area contributed by atoms with Crippen LogP contribution < -0.4 is 0 Å². The van der Waals surface area contributed by atoms with E-state index in [1.165, 1.54) is 0 Å². The van der Waals surface area contributed by atoms with Crippen LogP contribution in [0.5, 0.6) is 0 Å². The van der Waals surface area contributed by atoms with Crippen LogP contribution in [0.2, 0.25) is 18.1 Å². The number of carbonyl (C=O) groups is 1. The third-order valence-corrected chi connectivity index (χ3v) is 7.38. The van der Waals surface area contributed by atoms with Crippen LogP contribution in [-0.2, 0) is 9.22 Å². The van der Waals surface area contributed by atoms with Crippen LogP contribution in [0.15, 0.2) is 0 Å². The molecule has 0 bridgehead atoms. The minimum atomic E-state index is -1.71. The molecular weight excluding hydrogens is 196 g/mol. The number of hydrogen-bond donors (Lipinski definition) is 1. The van der Waals surface area contributed by atoms with E-state index in [0.717, 1.165) is 0 Å². The Morgan fingerprint density at radius 2 is 1.93 bits per heavy atom. The van der Waals surface area contributed by atoms with Crippen LogP contribution in [0, 0.1) is 0 Å². The van der Waals surface area contributed by atoms with Gasteiger partial charge in [0.1, 0.15) is 12.4 Å². The van der Waals surface area contributed by atoms with E-state index in [9.17, 15) is 4.79 Å². The highest BCUT2D eigenvalue weighted by Crippen LogP contribution is 2.36. The fourth-order valence-electron chi connectivity index (χ4n) is 0.719. The third-order valence-electron chi connectivity index (χ3n) is 2.84. The van der Waals surface area contributed by atoms with Crippen molar-refractivity contribution in [3.05, 3.63) is 0 Å². The van der Waals surface area contributed by atoms with Gasteiger partial charge in [0, 0.05) is 13.0 Å². The molecule has 0 amide bonds. The highest BCUT2D eigenvalue weighted by atomic mass is 28.4. The first-order chi connectivity index (χ1) is 6.20. The SMILES string of the molecule is CC(C)(C)[Si](C)(C)OCCC(O)C=O. The minimum Gasteiger partial charge on any atom is -0.417 e. The van der Waals surface area contributed by atoms with Crippen molar-refractivity contribution in [3.8, 4) is 0 Å². The zero-order valence-corrected chi connectivity index (χ0v) is 10.8.